The van der Waals surface area contributed by atoms with E-state index in [4.69, 9.17) is 16.3 Å². The van der Waals surface area contributed by atoms with E-state index in [1.807, 2.05) is 6.92 Å². The van der Waals surface area contributed by atoms with Crippen LogP contribution in [0.25, 0.3) is 0 Å². The summed E-state index contributed by atoms with van der Waals surface area (Å²) in [6, 6.07) is 5.25. The summed E-state index contributed by atoms with van der Waals surface area (Å²) < 4.78 is 5.31. The molecule has 0 aliphatic rings. The number of hydrogen-bond donors (Lipinski definition) is 1. The molecule has 1 amide bonds. The maximum Gasteiger partial charge on any atom is 0.236 e. The molecular weight excluding hydrogens is 246 g/mol. The zero-order chi connectivity index (χ0) is 12.1. The number of amides is 1. The molecule has 1 aromatic rings. The van der Waals surface area contributed by atoms with Crippen LogP contribution < -0.4 is 9.64 Å². The molecule has 0 bridgehead atoms. The lowest BCUT2D eigenvalue weighted by Crippen LogP contribution is -2.27. The highest BCUT2D eigenvalue weighted by Gasteiger charge is 2.11. The van der Waals surface area contributed by atoms with Gasteiger partial charge in [0.1, 0.15) is 5.75 Å². The first kappa shape index (κ1) is 13.2. The highest BCUT2D eigenvalue weighted by molar-refractivity contribution is 7.81. The molecule has 0 aromatic heterocycles. The van der Waals surface area contributed by atoms with Crippen LogP contribution in [0.3, 0.4) is 0 Å². The van der Waals surface area contributed by atoms with E-state index in [1.54, 1.807) is 25.2 Å². The molecule has 0 atom stereocenters. The second kappa shape index (κ2) is 6.01. The SMILES string of the molecule is CCOc1ccc(N(C)C(=O)CS)cc1Cl. The zero-order valence-corrected chi connectivity index (χ0v) is 10.9. The molecular formula is C11H14ClNO2S. The summed E-state index contributed by atoms with van der Waals surface area (Å²) in [5, 5.41) is 0.498. The van der Waals surface area contributed by atoms with Crippen molar-refractivity contribution in [1.29, 1.82) is 0 Å². The molecule has 0 unspecified atom stereocenters. The summed E-state index contributed by atoms with van der Waals surface area (Å²) in [4.78, 5) is 12.9. The Bertz CT molecular complexity index is 384. The molecule has 0 radical (unpaired) electrons. The predicted molar refractivity (Wildman–Crippen MR) is 69.9 cm³/mol. The van der Waals surface area contributed by atoms with Crippen molar-refractivity contribution in [2.75, 3.05) is 24.3 Å². The van der Waals surface area contributed by atoms with E-state index < -0.39 is 0 Å². The van der Waals surface area contributed by atoms with Crippen LogP contribution in [0, 0.1) is 0 Å². The van der Waals surface area contributed by atoms with Crippen LogP contribution >= 0.6 is 24.2 Å². The molecule has 0 fully saturated rings. The minimum Gasteiger partial charge on any atom is -0.492 e. The van der Waals surface area contributed by atoms with Gasteiger partial charge in [0, 0.05) is 12.7 Å². The first-order valence-corrected chi connectivity index (χ1v) is 5.91. The lowest BCUT2D eigenvalue weighted by molar-refractivity contribution is -0.115. The Morgan fingerprint density at radius 1 is 1.56 bits per heavy atom. The van der Waals surface area contributed by atoms with E-state index >= 15 is 0 Å². The summed E-state index contributed by atoms with van der Waals surface area (Å²) in [7, 11) is 1.69. The molecule has 0 aliphatic carbocycles. The number of halogens is 1. The summed E-state index contributed by atoms with van der Waals surface area (Å²) >= 11 is 9.95. The van der Waals surface area contributed by atoms with E-state index in [-0.39, 0.29) is 11.7 Å². The largest absolute Gasteiger partial charge is 0.492 e. The van der Waals surface area contributed by atoms with Crippen LogP contribution in [0.5, 0.6) is 5.75 Å². The Kier molecular flexibility index (Phi) is 4.96. The van der Waals surface area contributed by atoms with Crippen LogP contribution in [0.15, 0.2) is 18.2 Å². The number of rotatable bonds is 4. The fraction of sp³-hybridized carbons (Fsp3) is 0.364. The Labute approximate surface area is 106 Å². The van der Waals surface area contributed by atoms with Crippen LogP contribution in [0.1, 0.15) is 6.92 Å². The third-order valence-corrected chi connectivity index (χ3v) is 2.68. The molecule has 1 rings (SSSR count). The summed E-state index contributed by atoms with van der Waals surface area (Å²) in [5.74, 6) is 0.713. The maximum atomic E-state index is 11.4. The Morgan fingerprint density at radius 2 is 2.25 bits per heavy atom. The first-order valence-electron chi connectivity index (χ1n) is 4.90. The van der Waals surface area contributed by atoms with Gasteiger partial charge < -0.3 is 9.64 Å². The van der Waals surface area contributed by atoms with Gasteiger partial charge in [0.15, 0.2) is 0 Å². The second-order valence-corrected chi connectivity index (χ2v) is 3.88. The van der Waals surface area contributed by atoms with E-state index in [0.29, 0.717) is 17.4 Å². The molecule has 3 nitrogen and oxygen atoms in total. The molecule has 88 valence electrons. The van der Waals surface area contributed by atoms with Crippen LogP contribution in [-0.2, 0) is 4.79 Å². The third kappa shape index (κ3) is 3.06. The van der Waals surface area contributed by atoms with Gasteiger partial charge in [0.25, 0.3) is 0 Å². The molecule has 0 N–H and O–H groups in total. The smallest absolute Gasteiger partial charge is 0.236 e. The van der Waals surface area contributed by atoms with Gasteiger partial charge in [-0.25, -0.2) is 0 Å². The average molecular weight is 260 g/mol. The molecule has 0 heterocycles. The monoisotopic (exact) mass is 259 g/mol. The predicted octanol–water partition coefficient (Wildman–Crippen LogP) is 2.63. The number of anilines is 1. The van der Waals surface area contributed by atoms with Crippen molar-refractivity contribution >= 4 is 35.8 Å². The van der Waals surface area contributed by atoms with Gasteiger partial charge in [-0.05, 0) is 25.1 Å². The third-order valence-electron chi connectivity index (χ3n) is 2.11. The number of hydrogen-bond acceptors (Lipinski definition) is 3. The quantitative estimate of drug-likeness (QED) is 0.843. The maximum absolute atomic E-state index is 11.4. The average Bonchev–Trinajstić information content (AvgIpc) is 2.30. The molecule has 1 aromatic carbocycles. The molecule has 0 saturated carbocycles. The van der Waals surface area contributed by atoms with Crippen molar-refractivity contribution in [1.82, 2.24) is 0 Å². The number of thiol groups is 1. The molecule has 0 saturated heterocycles. The van der Waals surface area contributed by atoms with Gasteiger partial charge in [-0.3, -0.25) is 4.79 Å². The lowest BCUT2D eigenvalue weighted by atomic mass is 10.3. The van der Waals surface area contributed by atoms with Crippen molar-refractivity contribution in [3.8, 4) is 5.75 Å². The minimum absolute atomic E-state index is 0.0800. The van der Waals surface area contributed by atoms with Crippen molar-refractivity contribution in [3.63, 3.8) is 0 Å². The van der Waals surface area contributed by atoms with Crippen molar-refractivity contribution in [3.05, 3.63) is 23.2 Å². The molecule has 16 heavy (non-hydrogen) atoms. The molecule has 0 aliphatic heterocycles. The number of carbonyl (C=O) groups is 1. The zero-order valence-electron chi connectivity index (χ0n) is 9.24. The van der Waals surface area contributed by atoms with Crippen LogP contribution in [0.2, 0.25) is 5.02 Å². The molecule has 5 heteroatoms. The van der Waals surface area contributed by atoms with Gasteiger partial charge in [0.2, 0.25) is 5.91 Å². The fourth-order valence-corrected chi connectivity index (χ4v) is 1.66. The second-order valence-electron chi connectivity index (χ2n) is 3.16. The lowest BCUT2D eigenvalue weighted by Gasteiger charge is -2.17. The summed E-state index contributed by atoms with van der Waals surface area (Å²) in [6.07, 6.45) is 0. The number of carbonyl (C=O) groups excluding carboxylic acids is 1. The summed E-state index contributed by atoms with van der Waals surface area (Å²) in [6.45, 7) is 2.45. The first-order chi connectivity index (χ1) is 7.60. The number of benzene rings is 1. The topological polar surface area (TPSA) is 29.5 Å². The summed E-state index contributed by atoms with van der Waals surface area (Å²) in [5.41, 5.74) is 0.729. The van der Waals surface area contributed by atoms with Crippen molar-refractivity contribution in [2.45, 2.75) is 6.92 Å². The van der Waals surface area contributed by atoms with E-state index in [2.05, 4.69) is 12.6 Å². The molecule has 0 spiro atoms. The van der Waals surface area contributed by atoms with Gasteiger partial charge >= 0.3 is 0 Å². The number of nitrogens with zero attached hydrogens (tertiary/aromatic N) is 1. The highest BCUT2D eigenvalue weighted by Crippen LogP contribution is 2.29. The van der Waals surface area contributed by atoms with E-state index in [0.717, 1.165) is 5.69 Å². The minimum atomic E-state index is -0.0800. The van der Waals surface area contributed by atoms with E-state index in [9.17, 15) is 4.79 Å². The van der Waals surface area contributed by atoms with Crippen LogP contribution in [0.4, 0.5) is 5.69 Å². The van der Waals surface area contributed by atoms with Gasteiger partial charge in [-0.15, -0.1) is 0 Å². The number of ether oxygens (including phenoxy) is 1. The Balaban J connectivity index is 2.92. The highest BCUT2D eigenvalue weighted by atomic mass is 35.5. The Morgan fingerprint density at radius 3 is 2.75 bits per heavy atom. The van der Waals surface area contributed by atoms with Gasteiger partial charge in [-0.2, -0.15) is 12.6 Å². The fourth-order valence-electron chi connectivity index (χ4n) is 1.22. The normalized spacial score (nSPS) is 10.0. The van der Waals surface area contributed by atoms with Crippen molar-refractivity contribution in [2.24, 2.45) is 0 Å². The van der Waals surface area contributed by atoms with Gasteiger partial charge in [-0.1, -0.05) is 11.6 Å². The standard InChI is InChI=1S/C11H14ClNO2S/c1-3-15-10-5-4-8(6-9(10)12)13(2)11(14)7-16/h4-6,16H,3,7H2,1-2H3. The Hall–Kier alpha value is -0.870. The van der Waals surface area contributed by atoms with Gasteiger partial charge in [0.05, 0.1) is 17.4 Å². The van der Waals surface area contributed by atoms with E-state index in [1.165, 1.54) is 4.90 Å². The van der Waals surface area contributed by atoms with Crippen LogP contribution in [-0.4, -0.2) is 25.3 Å². The van der Waals surface area contributed by atoms with Crippen molar-refractivity contribution < 1.29 is 9.53 Å².